The van der Waals surface area contributed by atoms with Crippen molar-refractivity contribution >= 4 is 51.3 Å². The smallest absolute Gasteiger partial charge is 0.341 e. The van der Waals surface area contributed by atoms with Crippen LogP contribution in [0.1, 0.15) is 51.0 Å². The number of hydrogen-bond donors (Lipinski definition) is 0. The number of carboxylic acid groups (broad SMARTS) is 1. The van der Waals surface area contributed by atoms with E-state index in [0.29, 0.717) is 30.3 Å². The highest BCUT2D eigenvalue weighted by Gasteiger charge is 2.23. The maximum Gasteiger partial charge on any atom is 0.341 e. The Morgan fingerprint density at radius 3 is 2.33 bits per heavy atom. The normalized spacial score (nSPS) is 11.7. The number of carbonyl (C=O) groups excluding carboxylic acids is 1. The van der Waals surface area contributed by atoms with Crippen LogP contribution >= 0.6 is 33.2 Å². The van der Waals surface area contributed by atoms with Crippen molar-refractivity contribution < 1.29 is 19.4 Å². The second-order valence-corrected chi connectivity index (χ2v) is 15.4. The Morgan fingerprint density at radius 2 is 1.70 bits per heavy atom. The minimum atomic E-state index is -2.45. The van der Waals surface area contributed by atoms with E-state index in [2.05, 4.69) is 0 Å². The van der Waals surface area contributed by atoms with E-state index >= 15 is 0 Å². The van der Waals surface area contributed by atoms with Crippen LogP contribution in [0, 0.1) is 0 Å². The third-order valence-electron chi connectivity index (χ3n) is 3.79. The quantitative estimate of drug-likeness (QED) is 0.168. The molecule has 0 radical (unpaired) electrons. The SMILES string of the molecule is CCOc1cc(/C=C/C(=O)[O-])ccc1OCCCCCCCC[Si](Cl)(Cl)Cl. The summed E-state index contributed by atoms with van der Waals surface area (Å²) in [5.74, 6) is 0.0339. The van der Waals surface area contributed by atoms with Crippen molar-refractivity contribution in [2.45, 2.75) is 51.5 Å². The van der Waals surface area contributed by atoms with Gasteiger partial charge in [-0.15, -0.1) is 33.2 Å². The van der Waals surface area contributed by atoms with Crippen LogP contribution < -0.4 is 14.6 Å². The Morgan fingerprint density at radius 1 is 1.04 bits per heavy atom. The Balaban J connectivity index is 2.32. The van der Waals surface area contributed by atoms with Crippen LogP contribution in [0.3, 0.4) is 0 Å². The largest absolute Gasteiger partial charge is 0.545 e. The zero-order valence-electron chi connectivity index (χ0n) is 15.5. The first-order valence-electron chi connectivity index (χ1n) is 9.17. The number of aliphatic carboxylic acids is 1. The van der Waals surface area contributed by atoms with Crippen molar-refractivity contribution in [1.29, 1.82) is 0 Å². The highest BCUT2D eigenvalue weighted by molar-refractivity contribution is 7.64. The van der Waals surface area contributed by atoms with Crippen LogP contribution in [0.5, 0.6) is 11.5 Å². The zero-order chi connectivity index (χ0) is 20.1. The van der Waals surface area contributed by atoms with Gasteiger partial charge in [0.1, 0.15) is 0 Å². The van der Waals surface area contributed by atoms with Crippen LogP contribution in [0.15, 0.2) is 24.3 Å². The number of benzene rings is 1. The number of halogens is 3. The summed E-state index contributed by atoms with van der Waals surface area (Å²) in [4.78, 5) is 10.5. The molecule has 8 heteroatoms. The first-order valence-corrected chi connectivity index (χ1v) is 14.4. The van der Waals surface area contributed by atoms with Crippen LogP contribution in [0.25, 0.3) is 6.08 Å². The van der Waals surface area contributed by atoms with E-state index in [4.69, 9.17) is 42.7 Å². The van der Waals surface area contributed by atoms with E-state index in [1.807, 2.05) is 6.92 Å². The molecule has 0 aliphatic heterocycles. The molecule has 0 aliphatic rings. The van der Waals surface area contributed by atoms with Crippen molar-refractivity contribution in [2.24, 2.45) is 0 Å². The van der Waals surface area contributed by atoms with Gasteiger partial charge in [-0.2, -0.15) is 0 Å². The van der Waals surface area contributed by atoms with Crippen molar-refractivity contribution in [2.75, 3.05) is 13.2 Å². The Labute approximate surface area is 176 Å². The number of unbranched alkanes of at least 4 members (excludes halogenated alkanes) is 5. The molecule has 0 bridgehead atoms. The van der Waals surface area contributed by atoms with Crippen molar-refractivity contribution in [3.8, 4) is 11.5 Å². The first-order chi connectivity index (χ1) is 12.8. The minimum Gasteiger partial charge on any atom is -0.545 e. The molecule has 0 saturated heterocycles. The summed E-state index contributed by atoms with van der Waals surface area (Å²) < 4.78 is 11.4. The third kappa shape index (κ3) is 12.2. The minimum absolute atomic E-state index is 0.501. The third-order valence-corrected chi connectivity index (χ3v) is 6.41. The van der Waals surface area contributed by atoms with E-state index in [9.17, 15) is 9.90 Å². The molecule has 0 atom stereocenters. The van der Waals surface area contributed by atoms with E-state index in [-0.39, 0.29) is 0 Å². The molecule has 1 aromatic carbocycles. The highest BCUT2D eigenvalue weighted by Crippen LogP contribution is 2.30. The molecule has 0 amide bonds. The highest BCUT2D eigenvalue weighted by atomic mass is 35.8. The van der Waals surface area contributed by atoms with Gasteiger partial charge in [0.05, 0.1) is 19.2 Å². The van der Waals surface area contributed by atoms with Gasteiger partial charge in [0.15, 0.2) is 11.5 Å². The summed E-state index contributed by atoms with van der Waals surface area (Å²) in [5, 5.41) is 10.5. The fourth-order valence-corrected chi connectivity index (χ4v) is 4.35. The number of carboxylic acids is 1. The molecule has 27 heavy (non-hydrogen) atoms. The molecule has 0 N–H and O–H groups in total. The number of ether oxygens (including phenoxy) is 2. The van der Waals surface area contributed by atoms with Gasteiger partial charge in [-0.3, -0.25) is 0 Å². The number of rotatable bonds is 14. The molecule has 0 saturated carbocycles. The molecule has 0 unspecified atom stereocenters. The molecule has 0 fully saturated rings. The standard InChI is InChI=1S/C19H27Cl3O4Si/c1-2-25-18-15-16(10-12-19(23)24)9-11-17(18)26-13-7-5-3-4-6-8-14-27(20,21)22/h9-12,15H,2-8,13-14H2,1H3,(H,23,24)/p-1/b12-10+. The van der Waals surface area contributed by atoms with Gasteiger partial charge in [-0.1, -0.05) is 44.2 Å². The molecule has 1 aromatic rings. The van der Waals surface area contributed by atoms with E-state index in [0.717, 1.165) is 50.6 Å². The van der Waals surface area contributed by atoms with Crippen LogP contribution in [-0.4, -0.2) is 25.2 Å². The maximum atomic E-state index is 10.5. The van der Waals surface area contributed by atoms with E-state index in [1.165, 1.54) is 6.08 Å². The van der Waals surface area contributed by atoms with Gasteiger partial charge in [0.2, 0.25) is 0 Å². The van der Waals surface area contributed by atoms with E-state index < -0.39 is 12.0 Å². The molecule has 0 heterocycles. The maximum absolute atomic E-state index is 10.5. The average Bonchev–Trinajstić information content (AvgIpc) is 2.59. The molecule has 0 aromatic heterocycles. The van der Waals surface area contributed by atoms with Gasteiger partial charge in [-0.05, 0) is 43.2 Å². The lowest BCUT2D eigenvalue weighted by Crippen LogP contribution is -2.18. The number of hydrogen-bond acceptors (Lipinski definition) is 4. The fourth-order valence-electron chi connectivity index (χ4n) is 2.50. The Kier molecular flexibility index (Phi) is 11.9. The molecule has 1 rings (SSSR count). The summed E-state index contributed by atoms with van der Waals surface area (Å²) in [5.41, 5.74) is 0.716. The lowest BCUT2D eigenvalue weighted by atomic mass is 10.1. The van der Waals surface area contributed by atoms with Gasteiger partial charge in [-0.25, -0.2) is 0 Å². The van der Waals surface area contributed by atoms with Gasteiger partial charge in [0.25, 0.3) is 0 Å². The molecular weight excluding hydrogens is 427 g/mol. The van der Waals surface area contributed by atoms with Crippen molar-refractivity contribution in [1.82, 2.24) is 0 Å². The fraction of sp³-hybridized carbons (Fsp3) is 0.526. The summed E-state index contributed by atoms with van der Waals surface area (Å²) in [6.45, 7) is 3.00. The molecule has 152 valence electrons. The number of carbonyl (C=O) groups is 1. The van der Waals surface area contributed by atoms with Crippen LogP contribution in [-0.2, 0) is 4.79 Å². The summed E-state index contributed by atoms with van der Waals surface area (Å²) in [7, 11) is 0. The van der Waals surface area contributed by atoms with Gasteiger partial charge >= 0.3 is 6.00 Å². The molecule has 4 nitrogen and oxygen atoms in total. The average molecular weight is 453 g/mol. The summed E-state index contributed by atoms with van der Waals surface area (Å²) in [6, 6.07) is 3.61. The van der Waals surface area contributed by atoms with Crippen molar-refractivity contribution in [3.05, 3.63) is 29.8 Å². The second kappa shape index (κ2) is 13.3. The Hall–Kier alpha value is -0.883. The molecule has 0 aliphatic carbocycles. The topological polar surface area (TPSA) is 58.6 Å². The first kappa shape index (κ1) is 24.2. The zero-order valence-corrected chi connectivity index (χ0v) is 18.8. The van der Waals surface area contributed by atoms with Crippen LogP contribution in [0.4, 0.5) is 0 Å². The summed E-state index contributed by atoms with van der Waals surface area (Å²) >= 11 is 17.6. The van der Waals surface area contributed by atoms with Crippen LogP contribution in [0.2, 0.25) is 6.04 Å². The monoisotopic (exact) mass is 451 g/mol. The predicted octanol–water partition coefficient (Wildman–Crippen LogP) is 5.22. The molecular formula is C19H26Cl3O4Si-. The van der Waals surface area contributed by atoms with Gasteiger partial charge in [0, 0.05) is 0 Å². The van der Waals surface area contributed by atoms with Gasteiger partial charge < -0.3 is 19.4 Å². The summed E-state index contributed by atoms with van der Waals surface area (Å²) in [6.07, 6.45) is 8.84. The Bertz CT molecular complexity index is 603. The second-order valence-electron chi connectivity index (χ2n) is 6.13. The van der Waals surface area contributed by atoms with E-state index in [1.54, 1.807) is 18.2 Å². The molecule has 0 spiro atoms. The van der Waals surface area contributed by atoms with Crippen molar-refractivity contribution in [3.63, 3.8) is 0 Å². The predicted molar refractivity (Wildman–Crippen MR) is 113 cm³/mol. The lowest BCUT2D eigenvalue weighted by Gasteiger charge is -2.13. The lowest BCUT2D eigenvalue weighted by molar-refractivity contribution is -0.297.